The lowest BCUT2D eigenvalue weighted by Crippen LogP contribution is -2.15. The average Bonchev–Trinajstić information content (AvgIpc) is 3.27. The van der Waals surface area contributed by atoms with Crippen molar-refractivity contribution in [3.8, 4) is 40.0 Å². The van der Waals surface area contributed by atoms with Crippen molar-refractivity contribution >= 4 is 5.82 Å². The van der Waals surface area contributed by atoms with E-state index in [0.717, 1.165) is 29.8 Å². The summed E-state index contributed by atoms with van der Waals surface area (Å²) in [5.41, 5.74) is 3.88. The highest BCUT2D eigenvalue weighted by Crippen LogP contribution is 2.35. The second kappa shape index (κ2) is 8.24. The van der Waals surface area contributed by atoms with Gasteiger partial charge in [0.25, 0.3) is 0 Å². The topological polar surface area (TPSA) is 78.2 Å². The Balaban J connectivity index is 1.80. The van der Waals surface area contributed by atoms with E-state index in [1.165, 1.54) is 12.8 Å². The minimum absolute atomic E-state index is 0.155. The molecule has 0 radical (unpaired) electrons. The third kappa shape index (κ3) is 4.17. The van der Waals surface area contributed by atoms with Crippen molar-refractivity contribution in [1.29, 1.82) is 5.26 Å². The van der Waals surface area contributed by atoms with Gasteiger partial charge in [-0.25, -0.2) is 4.98 Å². The van der Waals surface area contributed by atoms with Gasteiger partial charge in [-0.2, -0.15) is 5.26 Å². The van der Waals surface area contributed by atoms with Gasteiger partial charge in [0.1, 0.15) is 17.3 Å². The molecule has 0 bridgehead atoms. The van der Waals surface area contributed by atoms with Crippen LogP contribution in [0, 0.1) is 11.3 Å². The van der Waals surface area contributed by atoms with E-state index < -0.39 is 0 Å². The lowest BCUT2D eigenvalue weighted by molar-refractivity contribution is 0.412. The Hall–Kier alpha value is -3.52. The van der Waals surface area contributed by atoms with E-state index in [1.807, 2.05) is 36.4 Å². The fourth-order valence-electron chi connectivity index (χ4n) is 3.77. The van der Waals surface area contributed by atoms with E-state index in [0.29, 0.717) is 28.6 Å². The standard InChI is InChI=1S/C24H23N3O2/c1-29-20-10-11-23(28)21(14-20)22-12-18(17-8-6-16(15-25)7-9-17)13-24(27-22)26-19-4-2-3-5-19/h6-14,19,28H,2-5H2,1H3,(H,26,27). The van der Waals surface area contributed by atoms with E-state index >= 15 is 0 Å². The Morgan fingerprint density at radius 3 is 2.48 bits per heavy atom. The van der Waals surface area contributed by atoms with E-state index in [2.05, 4.69) is 11.4 Å². The molecule has 5 nitrogen and oxygen atoms in total. The van der Waals surface area contributed by atoms with Crippen molar-refractivity contribution < 1.29 is 9.84 Å². The first-order chi connectivity index (χ1) is 14.2. The molecule has 29 heavy (non-hydrogen) atoms. The minimum atomic E-state index is 0.155. The van der Waals surface area contributed by atoms with Crippen molar-refractivity contribution in [3.05, 3.63) is 60.2 Å². The number of phenols is 1. The van der Waals surface area contributed by atoms with Crippen LogP contribution in [0.1, 0.15) is 31.2 Å². The molecule has 0 unspecified atom stereocenters. The monoisotopic (exact) mass is 385 g/mol. The van der Waals surface area contributed by atoms with Crippen LogP contribution in [0.3, 0.4) is 0 Å². The number of aromatic nitrogens is 1. The molecule has 1 aliphatic rings. The van der Waals surface area contributed by atoms with Crippen LogP contribution in [0.5, 0.6) is 11.5 Å². The summed E-state index contributed by atoms with van der Waals surface area (Å²) in [6.45, 7) is 0. The second-order valence-corrected chi connectivity index (χ2v) is 7.32. The number of nitrogens with zero attached hydrogens (tertiary/aromatic N) is 2. The highest BCUT2D eigenvalue weighted by Gasteiger charge is 2.17. The summed E-state index contributed by atoms with van der Waals surface area (Å²) in [4.78, 5) is 4.78. The van der Waals surface area contributed by atoms with Crippen molar-refractivity contribution in [1.82, 2.24) is 4.98 Å². The zero-order valence-corrected chi connectivity index (χ0v) is 16.4. The van der Waals surface area contributed by atoms with E-state index in [-0.39, 0.29) is 5.75 Å². The quantitative estimate of drug-likeness (QED) is 0.618. The van der Waals surface area contributed by atoms with E-state index in [4.69, 9.17) is 15.0 Å². The van der Waals surface area contributed by atoms with Gasteiger partial charge in [0.15, 0.2) is 0 Å². The molecule has 0 atom stereocenters. The van der Waals surface area contributed by atoms with Gasteiger partial charge in [0, 0.05) is 11.6 Å². The highest BCUT2D eigenvalue weighted by molar-refractivity contribution is 5.77. The molecule has 5 heteroatoms. The maximum absolute atomic E-state index is 10.4. The number of aromatic hydroxyl groups is 1. The van der Waals surface area contributed by atoms with Gasteiger partial charge in [0.05, 0.1) is 24.4 Å². The number of nitrogens with one attached hydrogen (secondary N) is 1. The van der Waals surface area contributed by atoms with Crippen molar-refractivity contribution in [2.75, 3.05) is 12.4 Å². The minimum Gasteiger partial charge on any atom is -0.507 e. The summed E-state index contributed by atoms with van der Waals surface area (Å²) in [5.74, 6) is 1.60. The Morgan fingerprint density at radius 2 is 1.79 bits per heavy atom. The van der Waals surface area contributed by atoms with Crippen LogP contribution >= 0.6 is 0 Å². The molecule has 1 aromatic heterocycles. The lowest BCUT2D eigenvalue weighted by Gasteiger charge is -2.16. The number of pyridine rings is 1. The number of benzene rings is 2. The number of hydrogen-bond acceptors (Lipinski definition) is 5. The third-order valence-corrected chi connectivity index (χ3v) is 5.36. The molecule has 0 amide bonds. The molecule has 1 aliphatic carbocycles. The van der Waals surface area contributed by atoms with Crippen LogP contribution in [0.2, 0.25) is 0 Å². The van der Waals surface area contributed by atoms with Gasteiger partial charge in [-0.3, -0.25) is 0 Å². The largest absolute Gasteiger partial charge is 0.507 e. The summed E-state index contributed by atoms with van der Waals surface area (Å²) in [5, 5.41) is 23.1. The first-order valence-electron chi connectivity index (χ1n) is 9.83. The number of methoxy groups -OCH3 is 1. The molecule has 1 saturated carbocycles. The predicted molar refractivity (Wildman–Crippen MR) is 114 cm³/mol. The first kappa shape index (κ1) is 18.8. The van der Waals surface area contributed by atoms with Crippen LogP contribution in [0.15, 0.2) is 54.6 Å². The Morgan fingerprint density at radius 1 is 1.03 bits per heavy atom. The molecule has 3 aromatic rings. The Kier molecular flexibility index (Phi) is 5.35. The van der Waals surface area contributed by atoms with Crippen molar-refractivity contribution in [2.24, 2.45) is 0 Å². The normalized spacial score (nSPS) is 13.8. The SMILES string of the molecule is COc1ccc(O)c(-c2cc(-c3ccc(C#N)cc3)cc(NC3CCCC3)n2)c1. The third-order valence-electron chi connectivity index (χ3n) is 5.36. The molecule has 1 heterocycles. The zero-order valence-electron chi connectivity index (χ0n) is 16.4. The molecule has 0 saturated heterocycles. The lowest BCUT2D eigenvalue weighted by atomic mass is 10.0. The molecular weight excluding hydrogens is 362 g/mol. The number of phenolic OH excluding ortho intramolecular Hbond substituents is 1. The molecule has 2 aromatic carbocycles. The fraction of sp³-hybridized carbons (Fsp3) is 0.250. The summed E-state index contributed by atoms with van der Waals surface area (Å²) in [6.07, 6.45) is 4.75. The Bertz CT molecular complexity index is 1050. The number of ether oxygens (including phenoxy) is 1. The molecular formula is C24H23N3O2. The van der Waals surface area contributed by atoms with Gasteiger partial charge >= 0.3 is 0 Å². The Labute approximate surface area is 170 Å². The predicted octanol–water partition coefficient (Wildman–Crippen LogP) is 5.36. The molecule has 1 fully saturated rings. The summed E-state index contributed by atoms with van der Waals surface area (Å²) < 4.78 is 5.32. The van der Waals surface area contributed by atoms with Gasteiger partial charge in [-0.15, -0.1) is 0 Å². The summed E-state index contributed by atoms with van der Waals surface area (Å²) in [6, 6.07) is 19.2. The highest BCUT2D eigenvalue weighted by atomic mass is 16.5. The second-order valence-electron chi connectivity index (χ2n) is 7.32. The molecule has 146 valence electrons. The maximum atomic E-state index is 10.4. The van der Waals surface area contributed by atoms with Crippen LogP contribution in [0.4, 0.5) is 5.82 Å². The van der Waals surface area contributed by atoms with Crippen molar-refractivity contribution in [3.63, 3.8) is 0 Å². The molecule has 0 spiro atoms. The van der Waals surface area contributed by atoms with Gasteiger partial charge in [0.2, 0.25) is 0 Å². The number of anilines is 1. The summed E-state index contributed by atoms with van der Waals surface area (Å²) >= 11 is 0. The number of rotatable bonds is 5. The summed E-state index contributed by atoms with van der Waals surface area (Å²) in [7, 11) is 1.60. The molecule has 2 N–H and O–H groups in total. The first-order valence-corrected chi connectivity index (χ1v) is 9.83. The van der Waals surface area contributed by atoms with Crippen LogP contribution in [0.25, 0.3) is 22.4 Å². The number of hydrogen-bond donors (Lipinski definition) is 2. The zero-order chi connectivity index (χ0) is 20.2. The van der Waals surface area contributed by atoms with Crippen LogP contribution in [-0.4, -0.2) is 23.2 Å². The smallest absolute Gasteiger partial charge is 0.127 e. The maximum Gasteiger partial charge on any atom is 0.127 e. The van der Waals surface area contributed by atoms with Crippen LogP contribution < -0.4 is 10.1 Å². The molecule has 0 aliphatic heterocycles. The van der Waals surface area contributed by atoms with Gasteiger partial charge in [-0.05, 0) is 66.4 Å². The molecule has 4 rings (SSSR count). The van der Waals surface area contributed by atoms with Crippen LogP contribution in [-0.2, 0) is 0 Å². The van der Waals surface area contributed by atoms with Gasteiger partial charge in [-0.1, -0.05) is 25.0 Å². The number of nitriles is 1. The average molecular weight is 385 g/mol. The fourth-order valence-corrected chi connectivity index (χ4v) is 3.77. The van der Waals surface area contributed by atoms with Crippen molar-refractivity contribution in [2.45, 2.75) is 31.7 Å². The van der Waals surface area contributed by atoms with E-state index in [9.17, 15) is 5.11 Å². The van der Waals surface area contributed by atoms with Gasteiger partial charge < -0.3 is 15.2 Å². The van der Waals surface area contributed by atoms with E-state index in [1.54, 1.807) is 25.3 Å².